The van der Waals surface area contributed by atoms with Gasteiger partial charge in [0.2, 0.25) is 10.0 Å². The lowest BCUT2D eigenvalue weighted by Gasteiger charge is -2.07. The zero-order valence-corrected chi connectivity index (χ0v) is 11.2. The summed E-state index contributed by atoms with van der Waals surface area (Å²) >= 11 is 0. The van der Waals surface area contributed by atoms with Crippen LogP contribution in [0.2, 0.25) is 0 Å². The van der Waals surface area contributed by atoms with Crippen molar-refractivity contribution in [3.05, 3.63) is 65.5 Å². The van der Waals surface area contributed by atoms with Crippen molar-refractivity contribution in [2.24, 2.45) is 0 Å². The molecule has 2 aromatic rings. The number of hydrogen-bond donors (Lipinski definition) is 1. The topological polar surface area (TPSA) is 70.0 Å². The number of hydrogen-bond acceptors (Lipinski definition) is 3. The number of rotatable bonds is 4. The zero-order valence-electron chi connectivity index (χ0n) is 10.4. The Kier molecular flexibility index (Phi) is 4.13. The van der Waals surface area contributed by atoms with E-state index in [4.69, 9.17) is 5.26 Å². The summed E-state index contributed by atoms with van der Waals surface area (Å²) in [6.45, 7) is 0.0550. The van der Waals surface area contributed by atoms with Crippen molar-refractivity contribution in [1.29, 1.82) is 5.26 Å². The van der Waals surface area contributed by atoms with Gasteiger partial charge < -0.3 is 0 Å². The molecule has 0 fully saturated rings. The third-order valence-electron chi connectivity index (χ3n) is 2.65. The summed E-state index contributed by atoms with van der Waals surface area (Å²) < 4.78 is 39.2. The molecule has 102 valence electrons. The van der Waals surface area contributed by atoms with Crippen LogP contribution in [0.15, 0.2) is 53.4 Å². The molecule has 0 unspecified atom stereocenters. The highest BCUT2D eigenvalue weighted by Crippen LogP contribution is 2.12. The second-order valence-electron chi connectivity index (χ2n) is 4.09. The first-order chi connectivity index (χ1) is 9.51. The van der Waals surface area contributed by atoms with E-state index in [-0.39, 0.29) is 22.8 Å². The molecule has 0 aliphatic rings. The molecule has 0 radical (unpaired) electrons. The van der Waals surface area contributed by atoms with Gasteiger partial charge in [0.15, 0.2) is 0 Å². The largest absolute Gasteiger partial charge is 0.240 e. The lowest BCUT2D eigenvalue weighted by atomic mass is 10.2. The van der Waals surface area contributed by atoms with Crippen molar-refractivity contribution in [3.8, 4) is 6.07 Å². The number of nitrogens with zero attached hydrogens (tertiary/aromatic N) is 1. The predicted octanol–water partition coefficient (Wildman–Crippen LogP) is 2.18. The Hall–Kier alpha value is -2.23. The molecule has 1 N–H and O–H groups in total. The molecule has 0 saturated heterocycles. The van der Waals surface area contributed by atoms with E-state index in [1.807, 2.05) is 6.07 Å². The normalized spacial score (nSPS) is 11.0. The van der Waals surface area contributed by atoms with Crippen LogP contribution in [0.25, 0.3) is 0 Å². The van der Waals surface area contributed by atoms with E-state index in [0.29, 0.717) is 5.56 Å². The van der Waals surface area contributed by atoms with Gasteiger partial charge in [-0.25, -0.2) is 17.5 Å². The molecule has 0 aliphatic heterocycles. The summed E-state index contributed by atoms with van der Waals surface area (Å²) in [7, 11) is -3.70. The molecular formula is C14H11FN2O2S. The van der Waals surface area contributed by atoms with Crippen molar-refractivity contribution in [2.45, 2.75) is 11.4 Å². The second kappa shape index (κ2) is 5.82. The second-order valence-corrected chi connectivity index (χ2v) is 5.86. The Morgan fingerprint density at radius 2 is 1.85 bits per heavy atom. The summed E-state index contributed by atoms with van der Waals surface area (Å²) in [5.41, 5.74) is 0.918. The Morgan fingerprint density at radius 3 is 2.50 bits per heavy atom. The van der Waals surface area contributed by atoms with Crippen LogP contribution < -0.4 is 4.72 Å². The van der Waals surface area contributed by atoms with Crippen molar-refractivity contribution in [1.82, 2.24) is 4.72 Å². The minimum absolute atomic E-state index is 0.0265. The van der Waals surface area contributed by atoms with Gasteiger partial charge in [-0.2, -0.15) is 5.26 Å². The monoisotopic (exact) mass is 290 g/mol. The maximum Gasteiger partial charge on any atom is 0.240 e. The number of nitrogens with one attached hydrogen (secondary N) is 1. The Balaban J connectivity index is 2.15. The Labute approximate surface area is 116 Å². The van der Waals surface area contributed by atoms with Crippen LogP contribution in [0.5, 0.6) is 0 Å². The van der Waals surface area contributed by atoms with Crippen LogP contribution >= 0.6 is 0 Å². The highest BCUT2D eigenvalue weighted by Gasteiger charge is 2.14. The number of nitriles is 1. The van der Waals surface area contributed by atoms with Crippen molar-refractivity contribution < 1.29 is 12.8 Å². The van der Waals surface area contributed by atoms with Gasteiger partial charge in [-0.1, -0.05) is 18.2 Å². The minimum Gasteiger partial charge on any atom is -0.207 e. The molecule has 6 heteroatoms. The van der Waals surface area contributed by atoms with Crippen molar-refractivity contribution >= 4 is 10.0 Å². The van der Waals surface area contributed by atoms with E-state index in [0.717, 1.165) is 0 Å². The number of benzene rings is 2. The number of halogens is 1. The molecule has 0 amide bonds. The van der Waals surface area contributed by atoms with Crippen LogP contribution in [-0.2, 0) is 16.6 Å². The summed E-state index contributed by atoms with van der Waals surface area (Å²) in [4.78, 5) is 0.0265. The molecule has 0 bridgehead atoms. The van der Waals surface area contributed by atoms with E-state index >= 15 is 0 Å². The third kappa shape index (κ3) is 3.41. The molecule has 0 heterocycles. The first-order valence-corrected chi connectivity index (χ1v) is 7.24. The van der Waals surface area contributed by atoms with Crippen molar-refractivity contribution in [2.75, 3.05) is 0 Å². The Bertz CT molecular complexity index is 749. The fourth-order valence-electron chi connectivity index (χ4n) is 1.60. The smallest absolute Gasteiger partial charge is 0.207 e. The highest BCUT2D eigenvalue weighted by molar-refractivity contribution is 7.89. The van der Waals surface area contributed by atoms with Gasteiger partial charge in [0, 0.05) is 6.54 Å². The van der Waals surface area contributed by atoms with Gasteiger partial charge >= 0.3 is 0 Å². The molecule has 0 spiro atoms. The first kappa shape index (κ1) is 14.2. The average Bonchev–Trinajstić information content (AvgIpc) is 2.47. The van der Waals surface area contributed by atoms with Gasteiger partial charge in [-0.05, 0) is 35.9 Å². The molecular weight excluding hydrogens is 279 g/mol. The van der Waals surface area contributed by atoms with Crippen LogP contribution in [0, 0.1) is 17.1 Å². The average molecular weight is 290 g/mol. The van der Waals surface area contributed by atoms with Crippen molar-refractivity contribution in [3.63, 3.8) is 0 Å². The molecule has 0 aliphatic carbocycles. The summed E-state index contributed by atoms with van der Waals surface area (Å²) in [5, 5.41) is 8.76. The molecule has 4 nitrogen and oxygen atoms in total. The van der Waals surface area contributed by atoms with Gasteiger partial charge in [0.1, 0.15) is 5.82 Å². The summed E-state index contributed by atoms with van der Waals surface area (Å²) in [6, 6.07) is 13.2. The lowest BCUT2D eigenvalue weighted by Crippen LogP contribution is -2.23. The van der Waals surface area contributed by atoms with Gasteiger partial charge in [0.25, 0.3) is 0 Å². The summed E-state index contributed by atoms with van der Waals surface area (Å²) in [6.07, 6.45) is 0. The zero-order chi connectivity index (χ0) is 14.6. The Morgan fingerprint density at radius 1 is 1.15 bits per heavy atom. The SMILES string of the molecule is N#Cc1cccc(S(=O)(=O)NCc2ccc(F)cc2)c1. The third-order valence-corrected chi connectivity index (χ3v) is 4.05. The fourth-order valence-corrected chi connectivity index (χ4v) is 2.66. The van der Waals surface area contributed by atoms with Crippen LogP contribution in [0.1, 0.15) is 11.1 Å². The van der Waals surface area contributed by atoms with Gasteiger partial charge in [-0.3, -0.25) is 0 Å². The predicted molar refractivity (Wildman–Crippen MR) is 71.6 cm³/mol. The standard InChI is InChI=1S/C14H11FN2O2S/c15-13-6-4-11(5-7-13)10-17-20(18,19)14-3-1-2-12(8-14)9-16/h1-8,17H,10H2. The minimum atomic E-state index is -3.70. The fraction of sp³-hybridized carbons (Fsp3) is 0.0714. The lowest BCUT2D eigenvalue weighted by molar-refractivity contribution is 0.581. The first-order valence-electron chi connectivity index (χ1n) is 5.75. The molecule has 0 aromatic heterocycles. The molecule has 2 rings (SSSR count). The maximum atomic E-state index is 12.7. The van der Waals surface area contributed by atoms with E-state index in [1.165, 1.54) is 48.5 Å². The molecule has 0 atom stereocenters. The number of sulfonamides is 1. The van der Waals surface area contributed by atoms with Gasteiger partial charge in [-0.15, -0.1) is 0 Å². The van der Waals surface area contributed by atoms with E-state index in [2.05, 4.69) is 4.72 Å². The summed E-state index contributed by atoms with van der Waals surface area (Å²) in [5.74, 6) is -0.377. The highest BCUT2D eigenvalue weighted by atomic mass is 32.2. The quantitative estimate of drug-likeness (QED) is 0.938. The molecule has 0 saturated carbocycles. The maximum absolute atomic E-state index is 12.7. The van der Waals surface area contributed by atoms with E-state index < -0.39 is 10.0 Å². The molecule has 2 aromatic carbocycles. The molecule has 20 heavy (non-hydrogen) atoms. The van der Waals surface area contributed by atoms with Gasteiger partial charge in [0.05, 0.1) is 16.5 Å². The van der Waals surface area contributed by atoms with Crippen LogP contribution in [0.3, 0.4) is 0 Å². The van der Waals surface area contributed by atoms with E-state index in [9.17, 15) is 12.8 Å². The van der Waals surface area contributed by atoms with Crippen LogP contribution in [-0.4, -0.2) is 8.42 Å². The van der Waals surface area contributed by atoms with Crippen LogP contribution in [0.4, 0.5) is 4.39 Å². The van der Waals surface area contributed by atoms with E-state index in [1.54, 1.807) is 0 Å².